The van der Waals surface area contributed by atoms with Crippen molar-refractivity contribution in [3.8, 4) is 11.3 Å². The molecule has 1 atom stereocenters. The Morgan fingerprint density at radius 3 is 2.71 bits per heavy atom. The fraction of sp³-hybridized carbons (Fsp3) is 0.550. The van der Waals surface area contributed by atoms with Crippen LogP contribution < -0.4 is 11.3 Å². The van der Waals surface area contributed by atoms with Crippen LogP contribution in [0.3, 0.4) is 0 Å². The summed E-state index contributed by atoms with van der Waals surface area (Å²) < 4.78 is 23.3. The number of nitrogen functional groups attached to an aromatic ring is 1. The summed E-state index contributed by atoms with van der Waals surface area (Å²) >= 11 is 0. The number of anilines is 1. The van der Waals surface area contributed by atoms with Gasteiger partial charge in [0.1, 0.15) is 5.39 Å². The molecule has 5 rings (SSSR count). The first-order valence-electron chi connectivity index (χ1n) is 10.6. The summed E-state index contributed by atoms with van der Waals surface area (Å²) in [6.07, 6.45) is 4.15. The lowest BCUT2D eigenvalue weighted by Crippen LogP contribution is -2.38. The number of aromatic amines is 1. The lowest BCUT2D eigenvalue weighted by molar-refractivity contribution is 0.271. The fourth-order valence-corrected chi connectivity index (χ4v) is 5.70. The third-order valence-electron chi connectivity index (χ3n) is 6.63. The monoisotopic (exact) mass is 447 g/mol. The lowest BCUT2D eigenvalue weighted by atomic mass is 10.1. The van der Waals surface area contributed by atoms with Gasteiger partial charge in [-0.3, -0.25) is 28.6 Å². The SMILES string of the molecule is CC(C1CC1)n1cc(-c2cc(CN3CCS(O)(O)CC3)n(C)n2)c2[nH]nc(N)c2c1=O. The number of fused-ring (bicyclic) bond motifs is 1. The molecular formula is C20H29N7O3S. The molecule has 4 heterocycles. The zero-order valence-electron chi connectivity index (χ0n) is 17.8. The molecule has 11 heteroatoms. The van der Waals surface area contributed by atoms with Crippen LogP contribution in [0.2, 0.25) is 0 Å². The van der Waals surface area contributed by atoms with E-state index in [1.54, 1.807) is 4.57 Å². The average Bonchev–Trinajstić information content (AvgIpc) is 3.41. The van der Waals surface area contributed by atoms with E-state index in [9.17, 15) is 13.9 Å². The highest BCUT2D eigenvalue weighted by molar-refractivity contribution is 8.24. The van der Waals surface area contributed by atoms with Gasteiger partial charge >= 0.3 is 0 Å². The molecule has 2 aliphatic rings. The van der Waals surface area contributed by atoms with Crippen LogP contribution in [-0.2, 0) is 13.6 Å². The minimum absolute atomic E-state index is 0.0983. The van der Waals surface area contributed by atoms with Gasteiger partial charge < -0.3 is 10.3 Å². The van der Waals surface area contributed by atoms with Crippen molar-refractivity contribution in [3.63, 3.8) is 0 Å². The molecule has 1 saturated carbocycles. The first-order valence-corrected chi connectivity index (χ1v) is 12.5. The van der Waals surface area contributed by atoms with E-state index in [1.807, 2.05) is 24.0 Å². The van der Waals surface area contributed by atoms with E-state index in [2.05, 4.69) is 22.0 Å². The Morgan fingerprint density at radius 1 is 1.32 bits per heavy atom. The molecule has 0 amide bonds. The maximum absolute atomic E-state index is 13.1. The largest absolute Gasteiger partial charge is 0.382 e. The van der Waals surface area contributed by atoms with Gasteiger partial charge in [-0.1, -0.05) is 0 Å². The molecule has 0 spiro atoms. The van der Waals surface area contributed by atoms with E-state index >= 15 is 0 Å². The quantitative estimate of drug-likeness (QED) is 0.470. The Balaban J connectivity index is 1.52. The van der Waals surface area contributed by atoms with E-state index < -0.39 is 10.6 Å². The second kappa shape index (κ2) is 7.37. The van der Waals surface area contributed by atoms with Gasteiger partial charge in [0.15, 0.2) is 5.82 Å². The third-order valence-corrected chi connectivity index (χ3v) is 8.30. The number of H-pyrrole nitrogens is 1. The van der Waals surface area contributed by atoms with Crippen molar-refractivity contribution in [2.24, 2.45) is 13.0 Å². The summed E-state index contributed by atoms with van der Waals surface area (Å²) in [4.78, 5) is 15.3. The van der Waals surface area contributed by atoms with E-state index in [0.717, 1.165) is 29.8 Å². The van der Waals surface area contributed by atoms with E-state index in [1.165, 1.54) is 0 Å². The van der Waals surface area contributed by atoms with Gasteiger partial charge in [-0.15, -0.1) is 0 Å². The van der Waals surface area contributed by atoms with Crippen molar-refractivity contribution in [1.29, 1.82) is 0 Å². The average molecular weight is 448 g/mol. The standard InChI is InChI=1S/C20H29N7O3S/c1-12(13-3-4-13)27-11-15(18-17(20(27)28)19(21)23-22-18)16-9-14(25(2)24-16)10-26-5-7-31(29,30)8-6-26/h9,11-13,29-30H,3-8,10H2,1-2H3,(H3,21,22,23). The molecular weight excluding hydrogens is 418 g/mol. The molecule has 5 N–H and O–H groups in total. The summed E-state index contributed by atoms with van der Waals surface area (Å²) in [7, 11) is -0.516. The number of rotatable bonds is 5. The fourth-order valence-electron chi connectivity index (χ4n) is 4.40. The Labute approximate surface area is 181 Å². The van der Waals surface area contributed by atoms with Gasteiger partial charge in [-0.05, 0) is 31.7 Å². The number of aryl methyl sites for hydroxylation is 1. The first-order chi connectivity index (χ1) is 14.7. The molecule has 3 aromatic heterocycles. The molecule has 10 nitrogen and oxygen atoms in total. The van der Waals surface area contributed by atoms with Gasteiger partial charge in [0, 0.05) is 44.5 Å². The molecule has 31 heavy (non-hydrogen) atoms. The van der Waals surface area contributed by atoms with Crippen LogP contribution in [0.25, 0.3) is 22.2 Å². The van der Waals surface area contributed by atoms with Crippen molar-refractivity contribution in [1.82, 2.24) is 29.4 Å². The third kappa shape index (κ3) is 3.75. The Morgan fingerprint density at radius 2 is 2.03 bits per heavy atom. The van der Waals surface area contributed by atoms with Crippen molar-refractivity contribution < 1.29 is 9.11 Å². The van der Waals surface area contributed by atoms with Crippen LogP contribution in [0.1, 0.15) is 31.5 Å². The zero-order valence-corrected chi connectivity index (χ0v) is 18.6. The van der Waals surface area contributed by atoms with Crippen LogP contribution in [0.5, 0.6) is 0 Å². The number of nitrogens with two attached hydrogens (primary N) is 1. The Bertz CT molecular complexity index is 1180. The van der Waals surface area contributed by atoms with Gasteiger partial charge in [-0.25, -0.2) is 0 Å². The second-order valence-electron chi connectivity index (χ2n) is 8.82. The van der Waals surface area contributed by atoms with Crippen LogP contribution in [0, 0.1) is 5.92 Å². The smallest absolute Gasteiger partial charge is 0.264 e. The normalized spacial score (nSPS) is 21.4. The maximum Gasteiger partial charge on any atom is 0.264 e. The molecule has 0 bridgehead atoms. The van der Waals surface area contributed by atoms with Gasteiger partial charge in [0.2, 0.25) is 0 Å². The first kappa shape index (κ1) is 20.6. The Kier molecular flexibility index (Phi) is 4.88. The van der Waals surface area contributed by atoms with Gasteiger partial charge in [-0.2, -0.15) is 20.8 Å². The van der Waals surface area contributed by atoms with Crippen molar-refractivity contribution in [3.05, 3.63) is 28.3 Å². The molecule has 168 valence electrons. The highest BCUT2D eigenvalue weighted by atomic mass is 32.3. The molecule has 1 saturated heterocycles. The van der Waals surface area contributed by atoms with Crippen molar-refractivity contribution in [2.75, 3.05) is 30.3 Å². The summed E-state index contributed by atoms with van der Waals surface area (Å²) in [5.41, 5.74) is 9.11. The highest BCUT2D eigenvalue weighted by Gasteiger charge is 2.31. The zero-order chi connectivity index (χ0) is 21.9. The van der Waals surface area contributed by atoms with Crippen molar-refractivity contribution in [2.45, 2.75) is 32.4 Å². The molecule has 1 aliphatic carbocycles. The number of aromatic nitrogens is 5. The van der Waals surface area contributed by atoms with E-state index in [4.69, 9.17) is 10.8 Å². The molecule has 0 radical (unpaired) electrons. The number of hydrogen-bond donors (Lipinski definition) is 4. The summed E-state index contributed by atoms with van der Waals surface area (Å²) in [6, 6.07) is 2.12. The van der Waals surface area contributed by atoms with Crippen LogP contribution in [-0.4, -0.2) is 63.1 Å². The molecule has 1 aliphatic heterocycles. The number of nitrogens with one attached hydrogen (secondary N) is 1. The number of hydrogen-bond acceptors (Lipinski definition) is 7. The van der Waals surface area contributed by atoms with Crippen molar-refractivity contribution >= 4 is 27.3 Å². The van der Waals surface area contributed by atoms with Gasteiger partial charge in [0.05, 0.1) is 28.4 Å². The molecule has 0 aromatic carbocycles. The minimum atomic E-state index is -2.42. The Hall–Kier alpha value is -2.34. The number of pyridine rings is 1. The number of nitrogens with zero attached hydrogens (tertiary/aromatic N) is 5. The molecule has 1 unspecified atom stereocenters. The molecule has 3 aromatic rings. The van der Waals surface area contributed by atoms with Crippen LogP contribution in [0.4, 0.5) is 5.82 Å². The predicted octanol–water partition coefficient (Wildman–Crippen LogP) is 2.24. The minimum Gasteiger partial charge on any atom is -0.382 e. The predicted molar refractivity (Wildman–Crippen MR) is 122 cm³/mol. The van der Waals surface area contributed by atoms with E-state index in [0.29, 0.717) is 48.0 Å². The second-order valence-corrected chi connectivity index (χ2v) is 11.2. The summed E-state index contributed by atoms with van der Waals surface area (Å²) in [5.74, 6) is 1.55. The molecule has 2 fully saturated rings. The van der Waals surface area contributed by atoms with E-state index in [-0.39, 0.29) is 17.4 Å². The summed E-state index contributed by atoms with van der Waals surface area (Å²) in [6.45, 7) is 4.04. The van der Waals surface area contributed by atoms with Gasteiger partial charge in [0.25, 0.3) is 5.56 Å². The maximum atomic E-state index is 13.1. The van der Waals surface area contributed by atoms with Crippen LogP contribution in [0.15, 0.2) is 17.1 Å². The summed E-state index contributed by atoms with van der Waals surface area (Å²) in [5, 5.41) is 12.1. The lowest BCUT2D eigenvalue weighted by Gasteiger charge is -2.40. The topological polar surface area (TPSA) is 138 Å². The van der Waals surface area contributed by atoms with Crippen LogP contribution >= 0.6 is 10.6 Å². The highest BCUT2D eigenvalue weighted by Crippen LogP contribution is 2.41.